The van der Waals surface area contributed by atoms with Gasteiger partial charge in [0.2, 0.25) is 5.91 Å². The minimum Gasteiger partial charge on any atom is -0.445 e. The molecule has 0 aromatic heterocycles. The lowest BCUT2D eigenvalue weighted by molar-refractivity contribution is -0.137. The van der Waals surface area contributed by atoms with Crippen LogP contribution in [0, 0.1) is 5.92 Å². The first kappa shape index (κ1) is 18.0. The zero-order chi connectivity index (χ0) is 17.4. The van der Waals surface area contributed by atoms with Gasteiger partial charge in [-0.05, 0) is 18.4 Å². The van der Waals surface area contributed by atoms with Gasteiger partial charge in [-0.25, -0.2) is 4.79 Å². The molecule has 1 saturated carbocycles. The van der Waals surface area contributed by atoms with Gasteiger partial charge in [-0.2, -0.15) is 0 Å². The van der Waals surface area contributed by atoms with E-state index in [2.05, 4.69) is 5.32 Å². The van der Waals surface area contributed by atoms with Crippen LogP contribution in [-0.2, 0) is 20.9 Å². The number of carbonyl (C=O) groups is 3. The quantitative estimate of drug-likeness (QED) is 0.810. The van der Waals surface area contributed by atoms with Crippen LogP contribution >= 0.6 is 0 Å². The van der Waals surface area contributed by atoms with Gasteiger partial charge >= 0.3 is 6.09 Å². The predicted molar refractivity (Wildman–Crippen MR) is 89.2 cm³/mol. The predicted octanol–water partition coefficient (Wildman–Crippen LogP) is 2.13. The molecule has 24 heavy (non-hydrogen) atoms. The van der Waals surface area contributed by atoms with Crippen molar-refractivity contribution in [1.82, 2.24) is 10.2 Å². The maximum absolute atomic E-state index is 12.4. The van der Waals surface area contributed by atoms with E-state index in [1.807, 2.05) is 30.3 Å². The van der Waals surface area contributed by atoms with Crippen molar-refractivity contribution in [1.29, 1.82) is 0 Å². The first-order valence-electron chi connectivity index (χ1n) is 8.27. The minimum absolute atomic E-state index is 0.0699. The van der Waals surface area contributed by atoms with Crippen molar-refractivity contribution in [2.75, 3.05) is 13.6 Å². The highest BCUT2D eigenvalue weighted by Gasteiger charge is 2.33. The molecule has 1 aromatic rings. The van der Waals surface area contributed by atoms with Gasteiger partial charge in [0.25, 0.3) is 0 Å². The van der Waals surface area contributed by atoms with E-state index in [1.165, 1.54) is 4.90 Å². The second-order valence-corrected chi connectivity index (χ2v) is 6.09. The van der Waals surface area contributed by atoms with Crippen molar-refractivity contribution in [2.24, 2.45) is 5.92 Å². The van der Waals surface area contributed by atoms with Crippen molar-refractivity contribution in [3.05, 3.63) is 35.9 Å². The topological polar surface area (TPSA) is 75.7 Å². The molecule has 1 aromatic carbocycles. The molecule has 0 radical (unpaired) electrons. The molecule has 0 bridgehead atoms. The van der Waals surface area contributed by atoms with Gasteiger partial charge in [0.1, 0.15) is 12.9 Å². The van der Waals surface area contributed by atoms with Gasteiger partial charge in [-0.1, -0.05) is 43.2 Å². The van der Waals surface area contributed by atoms with Crippen LogP contribution < -0.4 is 5.32 Å². The Hall–Kier alpha value is -2.37. The van der Waals surface area contributed by atoms with Crippen molar-refractivity contribution in [3.8, 4) is 0 Å². The number of hydrogen-bond acceptors (Lipinski definition) is 4. The monoisotopic (exact) mass is 332 g/mol. The molecule has 2 amide bonds. The fourth-order valence-electron chi connectivity index (χ4n) is 3.00. The summed E-state index contributed by atoms with van der Waals surface area (Å²) in [5, 5.41) is 2.82. The third-order valence-electron chi connectivity index (χ3n) is 4.32. The third kappa shape index (κ3) is 5.08. The average molecular weight is 332 g/mol. The van der Waals surface area contributed by atoms with Crippen LogP contribution in [0.2, 0.25) is 0 Å². The second kappa shape index (κ2) is 9.05. The van der Waals surface area contributed by atoms with Crippen molar-refractivity contribution in [3.63, 3.8) is 0 Å². The van der Waals surface area contributed by atoms with E-state index >= 15 is 0 Å². The molecule has 0 aliphatic heterocycles. The van der Waals surface area contributed by atoms with Crippen LogP contribution in [0.1, 0.15) is 31.2 Å². The Balaban J connectivity index is 1.89. The van der Waals surface area contributed by atoms with Gasteiger partial charge in [-0.15, -0.1) is 0 Å². The van der Waals surface area contributed by atoms with Crippen LogP contribution in [0.4, 0.5) is 4.79 Å². The molecule has 0 saturated heterocycles. The number of hydrogen-bond donors (Lipinski definition) is 1. The summed E-state index contributed by atoms with van der Waals surface area (Å²) in [5.41, 5.74) is 0.912. The van der Waals surface area contributed by atoms with E-state index in [-0.39, 0.29) is 31.0 Å². The molecule has 130 valence electrons. The summed E-state index contributed by atoms with van der Waals surface area (Å²) in [6, 6.07) is 9.19. The van der Waals surface area contributed by atoms with E-state index in [0.717, 1.165) is 24.8 Å². The normalized spacial score (nSPS) is 20.0. The first-order valence-corrected chi connectivity index (χ1v) is 8.27. The Bertz CT molecular complexity index is 561. The zero-order valence-electron chi connectivity index (χ0n) is 13.9. The van der Waals surface area contributed by atoms with Crippen molar-refractivity contribution in [2.45, 2.75) is 38.3 Å². The Morgan fingerprint density at radius 2 is 1.96 bits per heavy atom. The fourth-order valence-corrected chi connectivity index (χ4v) is 3.00. The molecule has 6 heteroatoms. The number of alkyl carbamates (subject to hydrolysis) is 1. The van der Waals surface area contributed by atoms with Crippen LogP contribution in [0.15, 0.2) is 30.3 Å². The highest BCUT2D eigenvalue weighted by molar-refractivity contribution is 5.82. The van der Waals surface area contributed by atoms with E-state index in [4.69, 9.17) is 4.74 Å². The third-order valence-corrected chi connectivity index (χ3v) is 4.32. The zero-order valence-corrected chi connectivity index (χ0v) is 13.9. The SMILES string of the molecule is CN(CC=O)C(=O)[C@@H]1CCCC[C@H]1NC(=O)OCc1ccccc1. The summed E-state index contributed by atoms with van der Waals surface area (Å²) in [5.74, 6) is -0.400. The molecular weight excluding hydrogens is 308 g/mol. The Morgan fingerprint density at radius 3 is 2.67 bits per heavy atom. The van der Waals surface area contributed by atoms with Crippen LogP contribution in [0.25, 0.3) is 0 Å². The molecule has 2 atom stereocenters. The summed E-state index contributed by atoms with van der Waals surface area (Å²) in [4.78, 5) is 36.5. The molecule has 6 nitrogen and oxygen atoms in total. The van der Waals surface area contributed by atoms with Crippen LogP contribution in [0.5, 0.6) is 0 Å². The number of likely N-dealkylation sites (N-methyl/N-ethyl adjacent to an activating group) is 1. The van der Waals surface area contributed by atoms with Gasteiger partial charge in [0.05, 0.1) is 12.5 Å². The van der Waals surface area contributed by atoms with Crippen LogP contribution in [0.3, 0.4) is 0 Å². The highest BCUT2D eigenvalue weighted by atomic mass is 16.5. The lowest BCUT2D eigenvalue weighted by Gasteiger charge is -2.33. The van der Waals surface area contributed by atoms with Crippen LogP contribution in [-0.4, -0.2) is 42.8 Å². The highest BCUT2D eigenvalue weighted by Crippen LogP contribution is 2.26. The molecular formula is C18H24N2O4. The van der Waals surface area contributed by atoms with Gasteiger partial charge in [-0.3, -0.25) is 4.79 Å². The molecule has 1 N–H and O–H groups in total. The molecule has 2 rings (SSSR count). The van der Waals surface area contributed by atoms with E-state index in [0.29, 0.717) is 12.7 Å². The Kier molecular flexibility index (Phi) is 6.78. The summed E-state index contributed by atoms with van der Waals surface area (Å²) in [7, 11) is 1.61. The minimum atomic E-state index is -0.512. The number of ether oxygens (including phenoxy) is 1. The maximum atomic E-state index is 12.4. The number of nitrogens with zero attached hydrogens (tertiary/aromatic N) is 1. The van der Waals surface area contributed by atoms with E-state index in [1.54, 1.807) is 7.05 Å². The molecule has 1 fully saturated rings. The summed E-state index contributed by atoms with van der Waals surface area (Å²) in [6.07, 6.45) is 3.56. The number of aldehydes is 1. The number of rotatable bonds is 6. The molecule has 0 spiro atoms. The lowest BCUT2D eigenvalue weighted by atomic mass is 9.83. The number of carbonyl (C=O) groups excluding carboxylic acids is 3. The van der Waals surface area contributed by atoms with E-state index < -0.39 is 6.09 Å². The fraction of sp³-hybridized carbons (Fsp3) is 0.500. The molecule has 1 aliphatic rings. The average Bonchev–Trinajstić information content (AvgIpc) is 2.61. The summed E-state index contributed by atoms with van der Waals surface area (Å²) < 4.78 is 5.24. The van der Waals surface area contributed by atoms with Gasteiger partial charge < -0.3 is 19.7 Å². The van der Waals surface area contributed by atoms with Crippen molar-refractivity contribution < 1.29 is 19.1 Å². The van der Waals surface area contributed by atoms with E-state index in [9.17, 15) is 14.4 Å². The number of amides is 2. The maximum Gasteiger partial charge on any atom is 0.407 e. The number of benzene rings is 1. The molecule has 0 heterocycles. The van der Waals surface area contributed by atoms with Crippen molar-refractivity contribution >= 4 is 18.3 Å². The largest absolute Gasteiger partial charge is 0.445 e. The van der Waals surface area contributed by atoms with Gasteiger partial charge in [0.15, 0.2) is 0 Å². The standard InChI is InChI=1S/C18H24N2O4/c1-20(11-12-21)17(22)15-9-5-6-10-16(15)19-18(23)24-13-14-7-3-2-4-8-14/h2-4,7-8,12,15-16H,5-6,9-11,13H2,1H3,(H,19,23)/t15-,16-/m1/s1. The summed E-state index contributed by atoms with van der Waals surface area (Å²) in [6.45, 7) is 0.267. The Labute approximate surface area is 142 Å². The Morgan fingerprint density at radius 1 is 1.25 bits per heavy atom. The smallest absolute Gasteiger partial charge is 0.407 e. The molecule has 0 unspecified atom stereocenters. The molecule has 1 aliphatic carbocycles. The summed E-state index contributed by atoms with van der Waals surface area (Å²) >= 11 is 0. The first-order chi connectivity index (χ1) is 11.6. The number of nitrogens with one attached hydrogen (secondary N) is 1. The second-order valence-electron chi connectivity index (χ2n) is 6.09. The van der Waals surface area contributed by atoms with Gasteiger partial charge in [0, 0.05) is 13.1 Å². The lowest BCUT2D eigenvalue weighted by Crippen LogP contribution is -2.49.